The van der Waals surface area contributed by atoms with Gasteiger partial charge in [0, 0.05) is 21.7 Å². The van der Waals surface area contributed by atoms with Gasteiger partial charge in [-0.05, 0) is 39.7 Å². The number of aromatic nitrogens is 1. The van der Waals surface area contributed by atoms with Crippen molar-refractivity contribution in [1.82, 2.24) is 9.88 Å². The minimum atomic E-state index is -0.550. The lowest BCUT2D eigenvalue weighted by Crippen LogP contribution is -2.38. The molecule has 2 aromatic rings. The summed E-state index contributed by atoms with van der Waals surface area (Å²) in [5.41, 5.74) is 6.55. The minimum Gasteiger partial charge on any atom is -0.368 e. The van der Waals surface area contributed by atoms with E-state index >= 15 is 0 Å². The maximum Gasteiger partial charge on any atom is 0.271 e. The van der Waals surface area contributed by atoms with Gasteiger partial charge in [0.2, 0.25) is 5.91 Å². The molecule has 1 aromatic carbocycles. The number of carbonyl (C=O) groups is 2. The molecule has 2 amide bonds. The zero-order valence-electron chi connectivity index (χ0n) is 11.0. The van der Waals surface area contributed by atoms with Gasteiger partial charge >= 0.3 is 0 Å². The molecule has 5 nitrogen and oxygen atoms in total. The summed E-state index contributed by atoms with van der Waals surface area (Å²) in [6.45, 7) is 0.178. The van der Waals surface area contributed by atoms with Gasteiger partial charge in [-0.1, -0.05) is 28.1 Å². The van der Waals surface area contributed by atoms with Gasteiger partial charge in [-0.15, -0.1) is 0 Å². The van der Waals surface area contributed by atoms with E-state index in [0.717, 1.165) is 14.5 Å². The first-order valence-corrected chi connectivity index (χ1v) is 7.70. The van der Waals surface area contributed by atoms with Crippen molar-refractivity contribution < 1.29 is 9.59 Å². The lowest BCUT2D eigenvalue weighted by atomic mass is 10.2. The van der Waals surface area contributed by atoms with Crippen LogP contribution in [0.1, 0.15) is 16.1 Å². The van der Waals surface area contributed by atoms with Crippen LogP contribution in [-0.4, -0.2) is 28.2 Å². The van der Waals surface area contributed by atoms with Crippen LogP contribution in [0.25, 0.3) is 0 Å². The third kappa shape index (κ3) is 4.44. The summed E-state index contributed by atoms with van der Waals surface area (Å²) in [5.74, 6) is -0.825. The Bertz CT molecular complexity index is 652. The van der Waals surface area contributed by atoms with Crippen LogP contribution in [0.3, 0.4) is 0 Å². The lowest BCUT2D eigenvalue weighted by Gasteiger charge is -2.20. The molecule has 21 heavy (non-hydrogen) atoms. The van der Waals surface area contributed by atoms with E-state index in [0.29, 0.717) is 12.2 Å². The second kappa shape index (κ2) is 6.91. The average Bonchev–Trinajstić information content (AvgIpc) is 2.86. The smallest absolute Gasteiger partial charge is 0.271 e. The highest BCUT2D eigenvalue weighted by Gasteiger charge is 2.19. The molecule has 1 heterocycles. The molecule has 7 heteroatoms. The average molecular weight is 415 g/mol. The Morgan fingerprint density at radius 3 is 2.33 bits per heavy atom. The first-order valence-electron chi connectivity index (χ1n) is 6.11. The molecule has 0 saturated heterocycles. The van der Waals surface area contributed by atoms with Crippen LogP contribution in [0.15, 0.2) is 45.5 Å². The SMILES string of the molecule is NC(=O)CN(Cc1ccc(Br)cc1)C(=O)c1cc(Br)c[nH]1. The largest absolute Gasteiger partial charge is 0.368 e. The molecule has 0 radical (unpaired) electrons. The van der Waals surface area contributed by atoms with Crippen molar-refractivity contribution in [3.63, 3.8) is 0 Å². The summed E-state index contributed by atoms with van der Waals surface area (Å²) in [6, 6.07) is 9.20. The van der Waals surface area contributed by atoms with E-state index < -0.39 is 5.91 Å². The van der Waals surface area contributed by atoms with Gasteiger partial charge in [-0.25, -0.2) is 0 Å². The Morgan fingerprint density at radius 2 is 1.81 bits per heavy atom. The third-order valence-corrected chi connectivity index (χ3v) is 3.79. The van der Waals surface area contributed by atoms with Crippen molar-refractivity contribution in [2.45, 2.75) is 6.54 Å². The van der Waals surface area contributed by atoms with Gasteiger partial charge < -0.3 is 15.6 Å². The molecule has 0 unspecified atom stereocenters. The highest BCUT2D eigenvalue weighted by molar-refractivity contribution is 9.10. The van der Waals surface area contributed by atoms with E-state index in [1.807, 2.05) is 24.3 Å². The molecule has 1 aromatic heterocycles. The van der Waals surface area contributed by atoms with Crippen molar-refractivity contribution in [2.24, 2.45) is 5.73 Å². The molecular weight excluding hydrogens is 402 g/mol. The van der Waals surface area contributed by atoms with E-state index in [2.05, 4.69) is 36.8 Å². The first-order chi connectivity index (χ1) is 9.95. The first kappa shape index (κ1) is 15.8. The number of halogens is 2. The molecule has 0 bridgehead atoms. The van der Waals surface area contributed by atoms with Gasteiger partial charge in [0.25, 0.3) is 5.91 Å². The van der Waals surface area contributed by atoms with Crippen molar-refractivity contribution in [1.29, 1.82) is 0 Å². The van der Waals surface area contributed by atoms with E-state index in [1.54, 1.807) is 12.3 Å². The number of carbonyl (C=O) groups excluding carboxylic acids is 2. The van der Waals surface area contributed by atoms with E-state index in [1.165, 1.54) is 4.90 Å². The molecule has 0 saturated carbocycles. The second-order valence-electron chi connectivity index (χ2n) is 4.49. The van der Waals surface area contributed by atoms with E-state index in [-0.39, 0.29) is 12.5 Å². The summed E-state index contributed by atoms with van der Waals surface area (Å²) in [7, 11) is 0. The van der Waals surface area contributed by atoms with Crippen LogP contribution < -0.4 is 5.73 Å². The number of hydrogen-bond acceptors (Lipinski definition) is 2. The Labute approximate surface area is 138 Å². The number of nitrogens with two attached hydrogens (primary N) is 1. The molecule has 2 rings (SSSR count). The molecule has 0 fully saturated rings. The summed E-state index contributed by atoms with van der Waals surface area (Å²) < 4.78 is 1.72. The maximum absolute atomic E-state index is 12.4. The maximum atomic E-state index is 12.4. The fourth-order valence-corrected chi connectivity index (χ4v) is 2.47. The van der Waals surface area contributed by atoms with Crippen LogP contribution in [0, 0.1) is 0 Å². The van der Waals surface area contributed by atoms with Crippen LogP contribution in [0.2, 0.25) is 0 Å². The fourth-order valence-electron chi connectivity index (χ4n) is 1.86. The Balaban J connectivity index is 2.19. The summed E-state index contributed by atoms with van der Waals surface area (Å²) in [5, 5.41) is 0. The summed E-state index contributed by atoms with van der Waals surface area (Å²) in [4.78, 5) is 27.9. The molecule has 0 atom stereocenters. The number of hydrogen-bond donors (Lipinski definition) is 2. The van der Waals surface area contributed by atoms with E-state index in [4.69, 9.17) is 5.73 Å². The lowest BCUT2D eigenvalue weighted by molar-refractivity contribution is -0.118. The van der Waals surface area contributed by atoms with Crippen LogP contribution in [0.5, 0.6) is 0 Å². The number of primary amides is 1. The van der Waals surface area contributed by atoms with Crippen LogP contribution >= 0.6 is 31.9 Å². The topological polar surface area (TPSA) is 79.2 Å². The number of benzene rings is 1. The van der Waals surface area contributed by atoms with Crippen LogP contribution in [-0.2, 0) is 11.3 Å². The fraction of sp³-hybridized carbons (Fsp3) is 0.143. The highest BCUT2D eigenvalue weighted by atomic mass is 79.9. The number of nitrogens with zero attached hydrogens (tertiary/aromatic N) is 1. The van der Waals surface area contributed by atoms with Gasteiger partial charge in [-0.2, -0.15) is 0 Å². The molecule has 110 valence electrons. The van der Waals surface area contributed by atoms with Gasteiger partial charge in [0.15, 0.2) is 0 Å². The zero-order valence-corrected chi connectivity index (χ0v) is 14.1. The van der Waals surface area contributed by atoms with E-state index in [9.17, 15) is 9.59 Å². The molecule has 0 aliphatic rings. The molecular formula is C14H13Br2N3O2. The van der Waals surface area contributed by atoms with Crippen molar-refractivity contribution >= 4 is 43.7 Å². The monoisotopic (exact) mass is 413 g/mol. The second-order valence-corrected chi connectivity index (χ2v) is 6.32. The van der Waals surface area contributed by atoms with Crippen molar-refractivity contribution in [2.75, 3.05) is 6.54 Å². The third-order valence-electron chi connectivity index (χ3n) is 2.80. The Morgan fingerprint density at radius 1 is 1.14 bits per heavy atom. The van der Waals surface area contributed by atoms with Gasteiger partial charge in [-0.3, -0.25) is 9.59 Å². The van der Waals surface area contributed by atoms with Crippen molar-refractivity contribution in [3.8, 4) is 0 Å². The number of H-pyrrole nitrogens is 1. The Kier molecular flexibility index (Phi) is 5.19. The molecule has 0 aliphatic carbocycles. The van der Waals surface area contributed by atoms with Crippen molar-refractivity contribution in [3.05, 3.63) is 56.7 Å². The van der Waals surface area contributed by atoms with Gasteiger partial charge in [0.1, 0.15) is 12.2 Å². The zero-order chi connectivity index (χ0) is 15.4. The van der Waals surface area contributed by atoms with Crippen LogP contribution in [0.4, 0.5) is 0 Å². The van der Waals surface area contributed by atoms with Gasteiger partial charge in [0.05, 0.1) is 0 Å². The minimum absolute atomic E-state index is 0.133. The summed E-state index contributed by atoms with van der Waals surface area (Å²) in [6.07, 6.45) is 1.66. The highest BCUT2D eigenvalue weighted by Crippen LogP contribution is 2.16. The molecule has 0 spiro atoms. The number of nitrogens with one attached hydrogen (secondary N) is 1. The molecule has 0 aliphatic heterocycles. The normalized spacial score (nSPS) is 10.4. The predicted molar refractivity (Wildman–Crippen MR) is 86.6 cm³/mol. The molecule has 3 N–H and O–H groups in total. The number of rotatable bonds is 5. The number of amides is 2. The quantitative estimate of drug-likeness (QED) is 0.788. The number of aromatic amines is 1. The summed E-state index contributed by atoms with van der Waals surface area (Å²) >= 11 is 6.63. The standard InChI is InChI=1S/C14H13Br2N3O2/c15-10-3-1-9(2-4-10)7-19(8-13(17)20)14(21)12-5-11(16)6-18-12/h1-6,18H,7-8H2,(H2,17,20). The Hall–Kier alpha value is -1.60. The predicted octanol–water partition coefficient (Wildman–Crippen LogP) is 2.67.